The highest BCUT2D eigenvalue weighted by atomic mass is 16.3. The third-order valence-corrected chi connectivity index (χ3v) is 2.87. The quantitative estimate of drug-likeness (QED) is 0.784. The first-order valence-electron chi connectivity index (χ1n) is 5.74. The van der Waals surface area contributed by atoms with Crippen molar-refractivity contribution in [3.8, 4) is 6.07 Å². The summed E-state index contributed by atoms with van der Waals surface area (Å²) < 4.78 is 0. The number of β-amino-alcohol motifs (C(OH)–C–C–N with tert-alkyl or cyclic N) is 1. The summed E-state index contributed by atoms with van der Waals surface area (Å²) in [5.74, 6) is 0.458. The number of nitrogens with zero attached hydrogens (tertiary/aromatic N) is 4. The summed E-state index contributed by atoms with van der Waals surface area (Å²) in [6.07, 6.45) is 1.53. The average Bonchev–Trinajstić information content (AvgIpc) is 2.39. The number of rotatable bonds is 3. The zero-order valence-electron chi connectivity index (χ0n) is 9.91. The molecule has 94 valence electrons. The number of hydrogen-bond acceptors (Lipinski definition) is 5. The van der Waals surface area contributed by atoms with Gasteiger partial charge >= 0.3 is 0 Å². The second-order valence-electron chi connectivity index (χ2n) is 4.06. The van der Waals surface area contributed by atoms with Crippen LogP contribution in [0.4, 0.5) is 5.82 Å². The predicted molar refractivity (Wildman–Crippen MR) is 64.8 cm³/mol. The van der Waals surface area contributed by atoms with Crippen molar-refractivity contribution >= 4 is 11.7 Å². The Hall–Kier alpha value is -1.97. The summed E-state index contributed by atoms with van der Waals surface area (Å²) in [5, 5.41) is 17.7. The van der Waals surface area contributed by atoms with Gasteiger partial charge in [-0.15, -0.1) is 0 Å². The molecule has 1 amide bonds. The van der Waals surface area contributed by atoms with E-state index in [1.165, 1.54) is 6.20 Å². The van der Waals surface area contributed by atoms with Gasteiger partial charge in [0.2, 0.25) is 5.91 Å². The van der Waals surface area contributed by atoms with Crippen LogP contribution >= 0.6 is 0 Å². The normalized spacial score (nSPS) is 16.7. The molecule has 1 N–H and O–H groups in total. The monoisotopic (exact) mass is 246 g/mol. The van der Waals surface area contributed by atoms with Crippen LogP contribution in [-0.4, -0.2) is 53.7 Å². The van der Waals surface area contributed by atoms with Gasteiger partial charge in [0.15, 0.2) is 0 Å². The van der Waals surface area contributed by atoms with E-state index in [0.29, 0.717) is 31.0 Å². The molecule has 6 nitrogen and oxygen atoms in total. The van der Waals surface area contributed by atoms with Gasteiger partial charge in [-0.1, -0.05) is 0 Å². The predicted octanol–water partition coefficient (Wildman–Crippen LogP) is -0.406. The summed E-state index contributed by atoms with van der Waals surface area (Å²) in [5.41, 5.74) is 0.491. The number of amides is 1. The van der Waals surface area contributed by atoms with Crippen LogP contribution in [0.5, 0.6) is 0 Å². The molecule has 18 heavy (non-hydrogen) atoms. The van der Waals surface area contributed by atoms with E-state index >= 15 is 0 Å². The van der Waals surface area contributed by atoms with Gasteiger partial charge in [-0.25, -0.2) is 4.98 Å². The average molecular weight is 246 g/mol. The van der Waals surface area contributed by atoms with Crippen LogP contribution in [0.2, 0.25) is 0 Å². The van der Waals surface area contributed by atoms with E-state index < -0.39 is 0 Å². The molecule has 2 rings (SSSR count). The summed E-state index contributed by atoms with van der Waals surface area (Å²) in [6.45, 7) is 2.06. The smallest absolute Gasteiger partial charge is 0.242 e. The number of aromatic nitrogens is 1. The van der Waals surface area contributed by atoms with Crippen LogP contribution in [0.3, 0.4) is 0 Å². The van der Waals surface area contributed by atoms with Crippen LogP contribution in [0, 0.1) is 11.3 Å². The number of nitriles is 1. The van der Waals surface area contributed by atoms with Crippen molar-refractivity contribution in [2.75, 3.05) is 37.7 Å². The zero-order valence-corrected chi connectivity index (χ0v) is 9.91. The molecule has 1 aliphatic heterocycles. The van der Waals surface area contributed by atoms with Crippen molar-refractivity contribution in [2.45, 2.75) is 0 Å². The van der Waals surface area contributed by atoms with Gasteiger partial charge in [-0.3, -0.25) is 14.6 Å². The molecule has 1 aromatic rings. The Kier molecular flexibility index (Phi) is 3.87. The second-order valence-corrected chi connectivity index (χ2v) is 4.06. The number of pyridine rings is 1. The van der Waals surface area contributed by atoms with Crippen LogP contribution < -0.4 is 4.90 Å². The molecule has 0 radical (unpaired) electrons. The molecule has 1 fully saturated rings. The van der Waals surface area contributed by atoms with E-state index in [1.807, 2.05) is 11.0 Å². The van der Waals surface area contributed by atoms with Gasteiger partial charge < -0.3 is 5.11 Å². The van der Waals surface area contributed by atoms with Crippen LogP contribution in [0.15, 0.2) is 18.3 Å². The first-order valence-corrected chi connectivity index (χ1v) is 5.74. The van der Waals surface area contributed by atoms with Gasteiger partial charge in [-0.05, 0) is 12.1 Å². The minimum atomic E-state index is -0.0581. The Bertz CT molecular complexity index is 483. The molecule has 1 aromatic heterocycles. The van der Waals surface area contributed by atoms with Crippen molar-refractivity contribution in [1.82, 2.24) is 9.88 Å². The first-order chi connectivity index (χ1) is 8.74. The van der Waals surface area contributed by atoms with Gasteiger partial charge in [0.05, 0.1) is 24.8 Å². The molecule has 0 spiro atoms. The molecule has 1 saturated heterocycles. The van der Waals surface area contributed by atoms with Gasteiger partial charge in [0, 0.05) is 25.8 Å². The van der Waals surface area contributed by atoms with E-state index in [0.717, 1.165) is 0 Å². The number of aliphatic hydroxyl groups is 1. The third kappa shape index (κ3) is 2.64. The number of carbonyl (C=O) groups is 1. The molecule has 0 bridgehead atoms. The van der Waals surface area contributed by atoms with E-state index in [1.54, 1.807) is 17.0 Å². The molecule has 1 aliphatic rings. The fraction of sp³-hybridized carbons (Fsp3) is 0.417. The maximum atomic E-state index is 12.0. The lowest BCUT2D eigenvalue weighted by molar-refractivity contribution is -0.121. The topological polar surface area (TPSA) is 80.5 Å². The van der Waals surface area contributed by atoms with Crippen molar-refractivity contribution < 1.29 is 9.90 Å². The fourth-order valence-electron chi connectivity index (χ4n) is 1.93. The molecular formula is C12H14N4O2. The van der Waals surface area contributed by atoms with Crippen LogP contribution in [-0.2, 0) is 4.79 Å². The van der Waals surface area contributed by atoms with Crippen molar-refractivity contribution in [1.29, 1.82) is 5.26 Å². The summed E-state index contributed by atoms with van der Waals surface area (Å²) in [4.78, 5) is 19.6. The SMILES string of the molecule is N#Cc1ccnc(N2CCN(CCO)CC2=O)c1. The number of hydrogen-bond donors (Lipinski definition) is 1. The Labute approximate surface area is 105 Å². The molecule has 0 aromatic carbocycles. The molecular weight excluding hydrogens is 232 g/mol. The van der Waals surface area contributed by atoms with E-state index in [9.17, 15) is 4.79 Å². The maximum absolute atomic E-state index is 12.0. The second kappa shape index (κ2) is 5.58. The molecule has 2 heterocycles. The zero-order chi connectivity index (χ0) is 13.0. The number of aliphatic hydroxyl groups excluding tert-OH is 1. The van der Waals surface area contributed by atoms with Gasteiger partial charge in [-0.2, -0.15) is 5.26 Å². The largest absolute Gasteiger partial charge is 0.395 e. The van der Waals surface area contributed by atoms with Crippen molar-refractivity contribution in [3.63, 3.8) is 0 Å². The molecule has 6 heteroatoms. The van der Waals surface area contributed by atoms with Crippen molar-refractivity contribution in [3.05, 3.63) is 23.9 Å². The first kappa shape index (κ1) is 12.5. The van der Waals surface area contributed by atoms with E-state index in [4.69, 9.17) is 10.4 Å². The number of carbonyl (C=O) groups excluding carboxylic acids is 1. The molecule has 0 saturated carbocycles. The number of piperazine rings is 1. The van der Waals surface area contributed by atoms with Gasteiger partial charge in [0.25, 0.3) is 0 Å². The van der Waals surface area contributed by atoms with Crippen molar-refractivity contribution in [2.24, 2.45) is 0 Å². The van der Waals surface area contributed by atoms with Crippen LogP contribution in [0.25, 0.3) is 0 Å². The lowest BCUT2D eigenvalue weighted by Crippen LogP contribution is -2.51. The highest BCUT2D eigenvalue weighted by Crippen LogP contribution is 2.15. The standard InChI is InChI=1S/C12H14N4O2/c13-8-10-1-2-14-11(7-10)16-4-3-15(5-6-17)9-12(16)18/h1-2,7,17H,3-6,9H2. The highest BCUT2D eigenvalue weighted by Gasteiger charge is 2.25. The molecule has 0 aliphatic carbocycles. The fourth-order valence-corrected chi connectivity index (χ4v) is 1.93. The Balaban J connectivity index is 2.11. The summed E-state index contributed by atoms with van der Waals surface area (Å²) in [7, 11) is 0. The van der Waals surface area contributed by atoms with E-state index in [2.05, 4.69) is 4.98 Å². The van der Waals surface area contributed by atoms with E-state index in [-0.39, 0.29) is 19.1 Å². The Morgan fingerprint density at radius 1 is 1.50 bits per heavy atom. The van der Waals surface area contributed by atoms with Crippen LogP contribution in [0.1, 0.15) is 5.56 Å². The minimum Gasteiger partial charge on any atom is -0.395 e. The molecule has 0 unspecified atom stereocenters. The lowest BCUT2D eigenvalue weighted by atomic mass is 10.2. The Morgan fingerprint density at radius 3 is 3.00 bits per heavy atom. The highest BCUT2D eigenvalue weighted by molar-refractivity contribution is 5.94. The summed E-state index contributed by atoms with van der Waals surface area (Å²) in [6, 6.07) is 5.25. The lowest BCUT2D eigenvalue weighted by Gasteiger charge is -2.33. The third-order valence-electron chi connectivity index (χ3n) is 2.87. The minimum absolute atomic E-state index is 0.0510. The summed E-state index contributed by atoms with van der Waals surface area (Å²) >= 11 is 0. The number of anilines is 1. The van der Waals surface area contributed by atoms with Gasteiger partial charge in [0.1, 0.15) is 5.82 Å². The Morgan fingerprint density at radius 2 is 2.33 bits per heavy atom. The molecule has 0 atom stereocenters. The maximum Gasteiger partial charge on any atom is 0.242 e.